The van der Waals surface area contributed by atoms with Crippen LogP contribution in [-0.4, -0.2) is 29.8 Å². The second-order valence-corrected chi connectivity index (χ2v) is 6.55. The third-order valence-electron chi connectivity index (χ3n) is 5.05. The van der Waals surface area contributed by atoms with Crippen LogP contribution >= 0.6 is 12.6 Å². The van der Waals surface area contributed by atoms with Gasteiger partial charge in [0.05, 0.1) is 0 Å². The van der Waals surface area contributed by atoms with Gasteiger partial charge in [-0.2, -0.15) is 12.6 Å². The maximum atomic E-state index is 4.60. The highest BCUT2D eigenvalue weighted by Crippen LogP contribution is 2.37. The van der Waals surface area contributed by atoms with E-state index >= 15 is 0 Å². The van der Waals surface area contributed by atoms with Gasteiger partial charge >= 0.3 is 0 Å². The Bertz CT molecular complexity index is 392. The summed E-state index contributed by atoms with van der Waals surface area (Å²) in [5.74, 6) is 2.53. The monoisotopic (exact) mass is 275 g/mol. The molecule has 104 valence electrons. The minimum Gasteiger partial charge on any atom is -0.299 e. The van der Waals surface area contributed by atoms with Crippen molar-refractivity contribution in [1.82, 2.24) is 4.90 Å². The van der Waals surface area contributed by atoms with Crippen molar-refractivity contribution >= 4 is 12.6 Å². The van der Waals surface area contributed by atoms with E-state index in [0.717, 1.165) is 17.7 Å². The summed E-state index contributed by atoms with van der Waals surface area (Å²) >= 11 is 4.60. The summed E-state index contributed by atoms with van der Waals surface area (Å²) in [6, 6.07) is 11.8. The van der Waals surface area contributed by atoms with Crippen LogP contribution in [-0.2, 0) is 0 Å². The smallest absolute Gasteiger partial charge is 0.0124 e. The van der Waals surface area contributed by atoms with Gasteiger partial charge in [-0.25, -0.2) is 0 Å². The first kappa shape index (κ1) is 13.5. The van der Waals surface area contributed by atoms with Crippen LogP contribution in [0.2, 0.25) is 0 Å². The summed E-state index contributed by atoms with van der Waals surface area (Å²) in [6.07, 6.45) is 7.22. The molecule has 3 unspecified atom stereocenters. The van der Waals surface area contributed by atoms with E-state index in [0.29, 0.717) is 5.92 Å². The van der Waals surface area contributed by atoms with Crippen molar-refractivity contribution < 1.29 is 0 Å². The fourth-order valence-electron chi connectivity index (χ4n) is 4.06. The van der Waals surface area contributed by atoms with E-state index in [1.807, 2.05) is 0 Å². The molecule has 1 saturated carbocycles. The fraction of sp³-hybridized carbons (Fsp3) is 0.647. The van der Waals surface area contributed by atoms with Gasteiger partial charge < -0.3 is 0 Å². The normalized spacial score (nSPS) is 29.1. The van der Waals surface area contributed by atoms with Crippen LogP contribution in [0.1, 0.15) is 43.6 Å². The number of nitrogens with zero attached hydrogens (tertiary/aromatic N) is 1. The van der Waals surface area contributed by atoms with Crippen LogP contribution in [0.25, 0.3) is 0 Å². The molecule has 2 fully saturated rings. The van der Waals surface area contributed by atoms with Crippen molar-refractivity contribution in [3.63, 3.8) is 0 Å². The highest BCUT2D eigenvalue weighted by molar-refractivity contribution is 7.80. The first-order valence-electron chi connectivity index (χ1n) is 7.78. The number of piperidine rings is 1. The quantitative estimate of drug-likeness (QED) is 0.814. The average molecular weight is 275 g/mol. The Morgan fingerprint density at radius 2 is 1.89 bits per heavy atom. The van der Waals surface area contributed by atoms with E-state index in [2.05, 4.69) is 47.9 Å². The van der Waals surface area contributed by atoms with Crippen LogP contribution in [0.4, 0.5) is 0 Å². The molecule has 1 aromatic rings. The van der Waals surface area contributed by atoms with Crippen molar-refractivity contribution in [1.29, 1.82) is 0 Å². The number of fused-ring (bicyclic) bond motifs is 1. The van der Waals surface area contributed by atoms with Crippen LogP contribution < -0.4 is 0 Å². The van der Waals surface area contributed by atoms with Crippen LogP contribution in [0.3, 0.4) is 0 Å². The van der Waals surface area contributed by atoms with E-state index in [1.165, 1.54) is 50.8 Å². The largest absolute Gasteiger partial charge is 0.299 e. The molecule has 1 heterocycles. The minimum absolute atomic E-state index is 0.587. The molecule has 1 aromatic carbocycles. The highest BCUT2D eigenvalue weighted by Gasteiger charge is 2.35. The summed E-state index contributed by atoms with van der Waals surface area (Å²) < 4.78 is 0. The minimum atomic E-state index is 0.587. The van der Waals surface area contributed by atoms with Gasteiger partial charge in [-0.15, -0.1) is 0 Å². The maximum Gasteiger partial charge on any atom is 0.0124 e. The Labute approximate surface area is 122 Å². The lowest BCUT2D eigenvalue weighted by Crippen LogP contribution is -2.44. The van der Waals surface area contributed by atoms with Crippen molar-refractivity contribution in [3.8, 4) is 0 Å². The van der Waals surface area contributed by atoms with Gasteiger partial charge in [0.2, 0.25) is 0 Å². The predicted molar refractivity (Wildman–Crippen MR) is 85.0 cm³/mol. The summed E-state index contributed by atoms with van der Waals surface area (Å²) in [5.41, 5.74) is 1.46. The lowest BCUT2D eigenvalue weighted by Gasteiger charge is -2.39. The second kappa shape index (κ2) is 6.32. The fourth-order valence-corrected chi connectivity index (χ4v) is 4.39. The van der Waals surface area contributed by atoms with Gasteiger partial charge in [0.15, 0.2) is 0 Å². The summed E-state index contributed by atoms with van der Waals surface area (Å²) in [7, 11) is 0. The van der Waals surface area contributed by atoms with E-state index in [9.17, 15) is 0 Å². The molecule has 3 atom stereocenters. The molecule has 0 bridgehead atoms. The first-order valence-corrected chi connectivity index (χ1v) is 8.41. The molecule has 1 nitrogen and oxygen atoms in total. The van der Waals surface area contributed by atoms with E-state index in [4.69, 9.17) is 0 Å². The number of hydrogen-bond acceptors (Lipinski definition) is 2. The third kappa shape index (κ3) is 3.00. The van der Waals surface area contributed by atoms with Crippen molar-refractivity contribution in [2.24, 2.45) is 5.92 Å². The van der Waals surface area contributed by atoms with Gasteiger partial charge in [0.1, 0.15) is 0 Å². The van der Waals surface area contributed by atoms with Crippen LogP contribution in [0.15, 0.2) is 30.3 Å². The first-order chi connectivity index (χ1) is 9.38. The Hall–Kier alpha value is -0.470. The summed E-state index contributed by atoms with van der Waals surface area (Å²) in [6.45, 7) is 2.51. The lowest BCUT2D eigenvalue weighted by molar-refractivity contribution is 0.108. The zero-order valence-electron chi connectivity index (χ0n) is 11.7. The molecular weight excluding hydrogens is 250 g/mol. The zero-order chi connectivity index (χ0) is 13.1. The Kier molecular flexibility index (Phi) is 4.49. The molecule has 0 amide bonds. The Morgan fingerprint density at radius 1 is 1.11 bits per heavy atom. The Morgan fingerprint density at radius 3 is 2.68 bits per heavy atom. The molecular formula is C17H25NS. The molecule has 0 N–H and O–H groups in total. The van der Waals surface area contributed by atoms with E-state index in [-0.39, 0.29) is 0 Å². The predicted octanol–water partition coefficient (Wildman–Crippen LogP) is 3.96. The number of likely N-dealkylation sites (tertiary alicyclic amines) is 1. The molecule has 2 aliphatic rings. The SMILES string of the molecule is SCC(CN1CCCC2CCCC21)c1ccccc1. The maximum absolute atomic E-state index is 4.60. The molecule has 0 aromatic heterocycles. The van der Waals surface area contributed by atoms with Crippen molar-refractivity contribution in [2.45, 2.75) is 44.1 Å². The molecule has 1 aliphatic carbocycles. The Balaban J connectivity index is 1.68. The summed E-state index contributed by atoms with van der Waals surface area (Å²) in [4.78, 5) is 2.77. The average Bonchev–Trinajstić information content (AvgIpc) is 2.95. The second-order valence-electron chi connectivity index (χ2n) is 6.19. The van der Waals surface area contributed by atoms with Gasteiger partial charge in [-0.05, 0) is 49.5 Å². The molecule has 19 heavy (non-hydrogen) atoms. The number of benzene rings is 1. The zero-order valence-corrected chi connectivity index (χ0v) is 12.6. The molecule has 2 heteroatoms. The van der Waals surface area contributed by atoms with Gasteiger partial charge in [0, 0.05) is 18.5 Å². The van der Waals surface area contributed by atoms with Crippen molar-refractivity contribution in [3.05, 3.63) is 35.9 Å². The van der Waals surface area contributed by atoms with Gasteiger partial charge in [0.25, 0.3) is 0 Å². The molecule has 0 spiro atoms. The standard InChI is InChI=1S/C17H25NS/c19-13-16(14-6-2-1-3-7-14)12-18-11-5-9-15-8-4-10-17(15)18/h1-3,6-7,15-17,19H,4-5,8-13H2. The molecule has 3 rings (SSSR count). The van der Waals surface area contributed by atoms with Gasteiger partial charge in [-0.3, -0.25) is 4.90 Å². The van der Waals surface area contributed by atoms with E-state index < -0.39 is 0 Å². The molecule has 1 aliphatic heterocycles. The number of rotatable bonds is 4. The molecule has 1 saturated heterocycles. The summed E-state index contributed by atoms with van der Waals surface area (Å²) in [5, 5.41) is 0. The van der Waals surface area contributed by atoms with Crippen LogP contribution in [0, 0.1) is 5.92 Å². The van der Waals surface area contributed by atoms with E-state index in [1.54, 1.807) is 0 Å². The van der Waals surface area contributed by atoms with Gasteiger partial charge in [-0.1, -0.05) is 36.8 Å². The lowest BCUT2D eigenvalue weighted by atomic mass is 9.90. The third-order valence-corrected chi connectivity index (χ3v) is 5.50. The van der Waals surface area contributed by atoms with Crippen molar-refractivity contribution in [2.75, 3.05) is 18.8 Å². The number of hydrogen-bond donors (Lipinski definition) is 1. The van der Waals surface area contributed by atoms with Crippen LogP contribution in [0.5, 0.6) is 0 Å². The highest BCUT2D eigenvalue weighted by atomic mass is 32.1. The number of thiol groups is 1. The topological polar surface area (TPSA) is 3.24 Å². The molecule has 0 radical (unpaired) electrons.